The predicted octanol–water partition coefficient (Wildman–Crippen LogP) is 3.87. The Morgan fingerprint density at radius 1 is 1.47 bits per heavy atom. The van der Waals surface area contributed by atoms with Crippen molar-refractivity contribution in [3.8, 4) is 11.3 Å². The molecular formula is C12H12BrClN2O. The van der Waals surface area contributed by atoms with Gasteiger partial charge in [0.1, 0.15) is 5.69 Å². The van der Waals surface area contributed by atoms with E-state index < -0.39 is 0 Å². The summed E-state index contributed by atoms with van der Waals surface area (Å²) in [4.78, 5) is 4.21. The van der Waals surface area contributed by atoms with Crippen LogP contribution >= 0.6 is 27.5 Å². The first kappa shape index (κ1) is 12.6. The first-order valence-corrected chi connectivity index (χ1v) is 6.48. The minimum atomic E-state index is 0.675. The Labute approximate surface area is 113 Å². The molecule has 5 heteroatoms. The van der Waals surface area contributed by atoms with E-state index in [2.05, 4.69) is 33.2 Å². The Hall–Kier alpha value is -0.840. The third-order valence-corrected chi connectivity index (χ3v) is 3.28. The molecule has 0 saturated carbocycles. The van der Waals surface area contributed by atoms with Crippen LogP contribution in [0.15, 0.2) is 33.5 Å². The standard InChI is InChI=1S/C12H12BrClN2O/c1-2-15-6-11-12(17-7-16-11)9-5-8(14)3-4-10(9)13/h3-5,7,15H,2,6H2,1H3. The van der Waals surface area contributed by atoms with Crippen molar-refractivity contribution in [1.82, 2.24) is 10.3 Å². The summed E-state index contributed by atoms with van der Waals surface area (Å²) in [7, 11) is 0. The van der Waals surface area contributed by atoms with Gasteiger partial charge < -0.3 is 9.73 Å². The van der Waals surface area contributed by atoms with Crippen molar-refractivity contribution < 1.29 is 4.42 Å². The molecule has 3 nitrogen and oxygen atoms in total. The maximum absolute atomic E-state index is 5.99. The number of nitrogens with zero attached hydrogens (tertiary/aromatic N) is 1. The molecule has 0 unspecified atom stereocenters. The van der Waals surface area contributed by atoms with Crippen LogP contribution in [0.1, 0.15) is 12.6 Å². The average molecular weight is 316 g/mol. The molecule has 1 aromatic carbocycles. The third-order valence-electron chi connectivity index (χ3n) is 2.36. The zero-order valence-corrected chi connectivity index (χ0v) is 11.7. The maximum Gasteiger partial charge on any atom is 0.181 e. The minimum Gasteiger partial charge on any atom is -0.443 e. The zero-order valence-electron chi connectivity index (χ0n) is 9.34. The van der Waals surface area contributed by atoms with E-state index in [1.54, 1.807) is 0 Å². The quantitative estimate of drug-likeness (QED) is 0.931. The van der Waals surface area contributed by atoms with Gasteiger partial charge in [-0.2, -0.15) is 0 Å². The van der Waals surface area contributed by atoms with Crippen molar-refractivity contribution in [3.63, 3.8) is 0 Å². The Bertz CT molecular complexity index is 513. The molecule has 0 amide bonds. The van der Waals surface area contributed by atoms with Crippen LogP contribution in [0.2, 0.25) is 5.02 Å². The summed E-state index contributed by atoms with van der Waals surface area (Å²) in [5.74, 6) is 0.750. The smallest absolute Gasteiger partial charge is 0.181 e. The highest BCUT2D eigenvalue weighted by Crippen LogP contribution is 2.32. The van der Waals surface area contributed by atoms with Gasteiger partial charge in [0.25, 0.3) is 0 Å². The van der Waals surface area contributed by atoms with Crippen molar-refractivity contribution in [3.05, 3.63) is 39.8 Å². The van der Waals surface area contributed by atoms with Crippen molar-refractivity contribution in [2.45, 2.75) is 13.5 Å². The number of nitrogens with one attached hydrogen (secondary N) is 1. The van der Waals surface area contributed by atoms with Crippen molar-refractivity contribution in [1.29, 1.82) is 0 Å². The summed E-state index contributed by atoms with van der Waals surface area (Å²) in [6.45, 7) is 3.62. The fraction of sp³-hybridized carbons (Fsp3) is 0.250. The highest BCUT2D eigenvalue weighted by atomic mass is 79.9. The number of hydrogen-bond acceptors (Lipinski definition) is 3. The molecule has 0 aliphatic heterocycles. The molecule has 0 radical (unpaired) electrons. The van der Waals surface area contributed by atoms with Crippen LogP contribution in [-0.4, -0.2) is 11.5 Å². The van der Waals surface area contributed by atoms with E-state index in [1.165, 1.54) is 6.39 Å². The van der Waals surface area contributed by atoms with Crippen LogP contribution in [0, 0.1) is 0 Å². The van der Waals surface area contributed by atoms with Gasteiger partial charge in [-0.25, -0.2) is 4.98 Å². The summed E-state index contributed by atoms with van der Waals surface area (Å²) in [6, 6.07) is 5.59. The second-order valence-electron chi connectivity index (χ2n) is 3.53. The molecule has 0 fully saturated rings. The summed E-state index contributed by atoms with van der Waals surface area (Å²) in [5.41, 5.74) is 1.80. The lowest BCUT2D eigenvalue weighted by atomic mass is 10.1. The van der Waals surface area contributed by atoms with Crippen LogP contribution in [0.5, 0.6) is 0 Å². The van der Waals surface area contributed by atoms with Gasteiger partial charge in [0.2, 0.25) is 0 Å². The van der Waals surface area contributed by atoms with Crippen molar-refractivity contribution >= 4 is 27.5 Å². The van der Waals surface area contributed by atoms with Crippen LogP contribution in [-0.2, 0) is 6.54 Å². The lowest BCUT2D eigenvalue weighted by Gasteiger charge is -2.04. The minimum absolute atomic E-state index is 0.675. The molecule has 1 heterocycles. The summed E-state index contributed by atoms with van der Waals surface area (Å²) in [6.07, 6.45) is 1.45. The van der Waals surface area contributed by atoms with Gasteiger partial charge in [-0.05, 0) is 24.7 Å². The van der Waals surface area contributed by atoms with Crippen LogP contribution in [0.4, 0.5) is 0 Å². The lowest BCUT2D eigenvalue weighted by molar-refractivity contribution is 0.569. The molecule has 0 atom stereocenters. The Balaban J connectivity index is 2.38. The van der Waals surface area contributed by atoms with E-state index in [9.17, 15) is 0 Å². The van der Waals surface area contributed by atoms with Gasteiger partial charge in [0.05, 0.1) is 0 Å². The molecule has 1 aromatic heterocycles. The molecule has 0 aliphatic rings. The topological polar surface area (TPSA) is 38.1 Å². The van der Waals surface area contributed by atoms with Gasteiger partial charge in [0, 0.05) is 21.6 Å². The van der Waals surface area contributed by atoms with Gasteiger partial charge in [0.15, 0.2) is 12.2 Å². The highest BCUT2D eigenvalue weighted by molar-refractivity contribution is 9.10. The fourth-order valence-electron chi connectivity index (χ4n) is 1.53. The third kappa shape index (κ3) is 2.89. The van der Waals surface area contributed by atoms with E-state index in [0.29, 0.717) is 11.6 Å². The molecule has 0 spiro atoms. The number of hydrogen-bond donors (Lipinski definition) is 1. The van der Waals surface area contributed by atoms with E-state index in [1.807, 2.05) is 18.2 Å². The Kier molecular flexibility index (Phi) is 4.20. The summed E-state index contributed by atoms with van der Waals surface area (Å²) in [5, 5.41) is 3.90. The van der Waals surface area contributed by atoms with Gasteiger partial charge in [-0.3, -0.25) is 0 Å². The van der Waals surface area contributed by atoms with E-state index in [-0.39, 0.29) is 0 Å². The Morgan fingerprint density at radius 2 is 2.29 bits per heavy atom. The number of benzene rings is 1. The molecule has 17 heavy (non-hydrogen) atoms. The predicted molar refractivity (Wildman–Crippen MR) is 72.0 cm³/mol. The average Bonchev–Trinajstić information content (AvgIpc) is 2.77. The molecule has 90 valence electrons. The maximum atomic E-state index is 5.99. The van der Waals surface area contributed by atoms with E-state index >= 15 is 0 Å². The number of oxazole rings is 1. The summed E-state index contributed by atoms with van der Waals surface area (Å²) < 4.78 is 6.38. The highest BCUT2D eigenvalue weighted by Gasteiger charge is 2.13. The van der Waals surface area contributed by atoms with E-state index in [0.717, 1.165) is 28.0 Å². The normalized spacial score (nSPS) is 10.8. The molecule has 0 aliphatic carbocycles. The van der Waals surface area contributed by atoms with Gasteiger partial charge in [-0.1, -0.05) is 34.5 Å². The second-order valence-corrected chi connectivity index (χ2v) is 4.82. The fourth-order valence-corrected chi connectivity index (χ4v) is 2.13. The van der Waals surface area contributed by atoms with Crippen LogP contribution < -0.4 is 5.32 Å². The van der Waals surface area contributed by atoms with Gasteiger partial charge >= 0.3 is 0 Å². The van der Waals surface area contributed by atoms with Crippen LogP contribution in [0.25, 0.3) is 11.3 Å². The first-order valence-electron chi connectivity index (χ1n) is 5.31. The van der Waals surface area contributed by atoms with Crippen molar-refractivity contribution in [2.24, 2.45) is 0 Å². The molecule has 0 bridgehead atoms. The Morgan fingerprint density at radius 3 is 3.06 bits per heavy atom. The molecular weight excluding hydrogens is 304 g/mol. The first-order chi connectivity index (χ1) is 8.22. The van der Waals surface area contributed by atoms with Crippen molar-refractivity contribution in [2.75, 3.05) is 6.54 Å². The SMILES string of the molecule is CCNCc1ncoc1-c1cc(Cl)ccc1Br. The molecule has 2 aromatic rings. The number of rotatable bonds is 4. The molecule has 0 saturated heterocycles. The lowest BCUT2D eigenvalue weighted by Crippen LogP contribution is -2.12. The largest absolute Gasteiger partial charge is 0.443 e. The second kappa shape index (κ2) is 5.67. The molecule has 2 rings (SSSR count). The monoisotopic (exact) mass is 314 g/mol. The number of aromatic nitrogens is 1. The zero-order chi connectivity index (χ0) is 12.3. The number of halogens is 2. The van der Waals surface area contributed by atoms with Crippen LogP contribution in [0.3, 0.4) is 0 Å². The summed E-state index contributed by atoms with van der Waals surface area (Å²) >= 11 is 9.48. The molecule has 1 N–H and O–H groups in total. The van der Waals surface area contributed by atoms with Gasteiger partial charge in [-0.15, -0.1) is 0 Å². The van der Waals surface area contributed by atoms with E-state index in [4.69, 9.17) is 16.0 Å².